The summed E-state index contributed by atoms with van der Waals surface area (Å²) in [5.74, 6) is -3.51. The van der Waals surface area contributed by atoms with E-state index >= 15 is 0 Å². The number of nitrogens with zero attached hydrogens (tertiary/aromatic N) is 2. The van der Waals surface area contributed by atoms with Gasteiger partial charge in [-0.3, -0.25) is 19.9 Å². The minimum absolute atomic E-state index is 0.0837. The van der Waals surface area contributed by atoms with Crippen molar-refractivity contribution in [2.75, 3.05) is 11.4 Å². The van der Waals surface area contributed by atoms with E-state index in [1.807, 2.05) is 18.2 Å². The smallest absolute Gasteiger partial charge is 0.475 e. The lowest BCUT2D eigenvalue weighted by Gasteiger charge is -2.45. The maximum Gasteiger partial charge on any atom is 0.490 e. The zero-order valence-electron chi connectivity index (χ0n) is 18.5. The predicted octanol–water partition coefficient (Wildman–Crippen LogP) is 4.70. The molecule has 188 valence electrons. The van der Waals surface area contributed by atoms with Crippen molar-refractivity contribution in [2.45, 2.75) is 44.1 Å². The van der Waals surface area contributed by atoms with Crippen LogP contribution in [-0.2, 0) is 16.1 Å². The Bertz CT molecular complexity index is 1120. The molecule has 1 spiro atoms. The van der Waals surface area contributed by atoms with Crippen LogP contribution < -0.4 is 10.2 Å². The van der Waals surface area contributed by atoms with Gasteiger partial charge in [0.1, 0.15) is 11.4 Å². The van der Waals surface area contributed by atoms with Crippen molar-refractivity contribution in [2.24, 2.45) is 0 Å². The number of benzene rings is 2. The van der Waals surface area contributed by atoms with E-state index in [4.69, 9.17) is 9.90 Å². The highest BCUT2D eigenvalue weighted by atomic mass is 79.9. The molecule has 0 aromatic heterocycles. The first-order valence-corrected chi connectivity index (χ1v) is 11.3. The highest BCUT2D eigenvalue weighted by Gasteiger charge is 2.56. The summed E-state index contributed by atoms with van der Waals surface area (Å²) in [6, 6.07) is 13.9. The zero-order valence-corrected chi connectivity index (χ0v) is 20.1. The van der Waals surface area contributed by atoms with E-state index in [2.05, 4.69) is 45.2 Å². The summed E-state index contributed by atoms with van der Waals surface area (Å²) in [6.07, 6.45) is -4.11. The SMILES string of the molecule is C[C@@H]1C[C@@]2(CCN1Cc1ccccc1)C(=O)NC(=O)N2c1cc(F)ccc1Br.O=C(O)C(F)(F)F. The molecule has 3 amide bonds. The van der Waals surface area contributed by atoms with Crippen LogP contribution in [-0.4, -0.2) is 52.2 Å². The second-order valence-electron chi connectivity index (χ2n) is 8.28. The van der Waals surface area contributed by atoms with Gasteiger partial charge in [-0.2, -0.15) is 13.2 Å². The number of likely N-dealkylation sites (tertiary alicyclic amines) is 1. The molecular formula is C23H22BrF4N3O4. The lowest BCUT2D eigenvalue weighted by Crippen LogP contribution is -2.59. The molecule has 0 saturated carbocycles. The molecule has 0 aliphatic carbocycles. The molecule has 12 heteroatoms. The Kier molecular flexibility index (Phi) is 7.85. The molecule has 2 aromatic rings. The molecule has 7 nitrogen and oxygen atoms in total. The van der Waals surface area contributed by atoms with Crippen LogP contribution in [0.1, 0.15) is 25.3 Å². The number of hydrogen-bond donors (Lipinski definition) is 2. The number of carbonyl (C=O) groups excluding carboxylic acids is 2. The summed E-state index contributed by atoms with van der Waals surface area (Å²) >= 11 is 3.40. The van der Waals surface area contributed by atoms with Crippen LogP contribution in [0.4, 0.5) is 28.0 Å². The molecular weight excluding hydrogens is 538 g/mol. The quantitative estimate of drug-likeness (QED) is 0.420. The van der Waals surface area contributed by atoms with Crippen LogP contribution >= 0.6 is 15.9 Å². The molecule has 0 bridgehead atoms. The number of imide groups is 1. The maximum absolute atomic E-state index is 13.9. The van der Waals surface area contributed by atoms with E-state index < -0.39 is 29.5 Å². The summed E-state index contributed by atoms with van der Waals surface area (Å²) < 4.78 is 46.2. The van der Waals surface area contributed by atoms with Gasteiger partial charge in [-0.05, 0) is 59.5 Å². The first kappa shape index (κ1) is 26.6. The molecule has 2 aliphatic rings. The molecule has 2 aromatic carbocycles. The molecule has 2 heterocycles. The Morgan fingerprint density at radius 2 is 1.83 bits per heavy atom. The molecule has 2 fully saturated rings. The van der Waals surface area contributed by atoms with Crippen molar-refractivity contribution < 1.29 is 37.1 Å². The minimum atomic E-state index is -5.08. The van der Waals surface area contributed by atoms with E-state index in [0.717, 1.165) is 6.54 Å². The molecule has 2 saturated heterocycles. The Labute approximate surface area is 206 Å². The van der Waals surface area contributed by atoms with Gasteiger partial charge in [0.05, 0.1) is 5.69 Å². The fraction of sp³-hybridized carbons (Fsp3) is 0.348. The summed E-state index contributed by atoms with van der Waals surface area (Å²) in [5.41, 5.74) is 0.592. The summed E-state index contributed by atoms with van der Waals surface area (Å²) in [5, 5.41) is 9.57. The van der Waals surface area contributed by atoms with Gasteiger partial charge in [0.15, 0.2) is 0 Å². The van der Waals surface area contributed by atoms with Crippen LogP contribution in [0.2, 0.25) is 0 Å². The van der Waals surface area contributed by atoms with E-state index in [0.29, 0.717) is 29.5 Å². The van der Waals surface area contributed by atoms with Gasteiger partial charge in [0.2, 0.25) is 0 Å². The molecule has 2 atom stereocenters. The summed E-state index contributed by atoms with van der Waals surface area (Å²) in [6.45, 7) is 3.52. The second-order valence-corrected chi connectivity index (χ2v) is 9.14. The van der Waals surface area contributed by atoms with Gasteiger partial charge in [-0.15, -0.1) is 0 Å². The van der Waals surface area contributed by atoms with Crippen LogP contribution in [0, 0.1) is 5.82 Å². The standard InChI is InChI=1S/C21H21BrFN3O2.C2HF3O2/c1-14-12-21(9-10-25(14)13-15-5-3-2-4-6-15)19(27)24-20(28)26(21)18-11-16(23)7-8-17(18)22;3-2(4,5)1(6)7/h2-8,11,14H,9-10,12-13H2,1H3,(H,24,27,28);(H,6,7)/t14-,21+;/m1./s1. The monoisotopic (exact) mass is 559 g/mol. The molecule has 35 heavy (non-hydrogen) atoms. The number of amides is 3. The first-order valence-electron chi connectivity index (χ1n) is 10.5. The van der Waals surface area contributed by atoms with Gasteiger partial charge in [0, 0.05) is 23.6 Å². The van der Waals surface area contributed by atoms with E-state index in [1.165, 1.54) is 22.6 Å². The van der Waals surface area contributed by atoms with Crippen molar-refractivity contribution in [3.05, 3.63) is 64.4 Å². The third kappa shape index (κ3) is 5.81. The molecule has 2 aliphatic heterocycles. The lowest BCUT2D eigenvalue weighted by atomic mass is 9.81. The van der Waals surface area contributed by atoms with Crippen molar-refractivity contribution in [1.29, 1.82) is 0 Å². The number of aliphatic carboxylic acids is 1. The van der Waals surface area contributed by atoms with Crippen molar-refractivity contribution in [3.8, 4) is 0 Å². The Balaban J connectivity index is 0.000000429. The van der Waals surface area contributed by atoms with Crippen molar-refractivity contribution in [1.82, 2.24) is 10.2 Å². The van der Waals surface area contributed by atoms with Crippen molar-refractivity contribution >= 4 is 39.5 Å². The number of urea groups is 1. The fourth-order valence-electron chi connectivity index (χ4n) is 4.29. The fourth-order valence-corrected chi connectivity index (χ4v) is 4.72. The van der Waals surface area contributed by atoms with Crippen LogP contribution in [0.5, 0.6) is 0 Å². The lowest BCUT2D eigenvalue weighted by molar-refractivity contribution is -0.192. The number of rotatable bonds is 3. The van der Waals surface area contributed by atoms with Crippen LogP contribution in [0.15, 0.2) is 53.0 Å². The zero-order chi connectivity index (χ0) is 26.0. The van der Waals surface area contributed by atoms with Crippen molar-refractivity contribution in [3.63, 3.8) is 0 Å². The number of nitrogens with one attached hydrogen (secondary N) is 1. The molecule has 4 rings (SSSR count). The number of halogens is 5. The number of piperidine rings is 1. The van der Waals surface area contributed by atoms with Gasteiger partial charge in [0.25, 0.3) is 5.91 Å². The molecule has 0 radical (unpaired) electrons. The number of carboxylic acids is 1. The molecule has 0 unspecified atom stereocenters. The predicted molar refractivity (Wildman–Crippen MR) is 122 cm³/mol. The minimum Gasteiger partial charge on any atom is -0.475 e. The van der Waals surface area contributed by atoms with E-state index in [9.17, 15) is 27.2 Å². The van der Waals surface area contributed by atoms with Crippen LogP contribution in [0.3, 0.4) is 0 Å². The Morgan fingerprint density at radius 1 is 1.20 bits per heavy atom. The number of carboxylic acid groups (broad SMARTS) is 1. The summed E-state index contributed by atoms with van der Waals surface area (Å²) in [4.78, 5) is 38.1. The van der Waals surface area contributed by atoms with Gasteiger partial charge < -0.3 is 5.11 Å². The highest BCUT2D eigenvalue weighted by molar-refractivity contribution is 9.10. The molecule has 2 N–H and O–H groups in total. The highest BCUT2D eigenvalue weighted by Crippen LogP contribution is 2.42. The second kappa shape index (κ2) is 10.3. The topological polar surface area (TPSA) is 90.0 Å². The average molecular weight is 560 g/mol. The van der Waals surface area contributed by atoms with Gasteiger partial charge in [-0.1, -0.05) is 30.3 Å². The van der Waals surface area contributed by atoms with E-state index in [-0.39, 0.29) is 11.9 Å². The van der Waals surface area contributed by atoms with E-state index in [1.54, 1.807) is 6.07 Å². The maximum atomic E-state index is 13.9. The average Bonchev–Trinajstić information content (AvgIpc) is 3.01. The number of hydrogen-bond acceptors (Lipinski definition) is 4. The third-order valence-electron chi connectivity index (χ3n) is 5.96. The largest absolute Gasteiger partial charge is 0.490 e. The third-order valence-corrected chi connectivity index (χ3v) is 6.63. The Hall–Kier alpha value is -2.99. The number of alkyl halides is 3. The number of carbonyl (C=O) groups is 3. The number of anilines is 1. The van der Waals surface area contributed by atoms with Gasteiger partial charge >= 0.3 is 18.2 Å². The summed E-state index contributed by atoms with van der Waals surface area (Å²) in [7, 11) is 0. The Morgan fingerprint density at radius 3 is 2.40 bits per heavy atom. The van der Waals surface area contributed by atoms with Crippen LogP contribution in [0.25, 0.3) is 0 Å². The van der Waals surface area contributed by atoms with Gasteiger partial charge in [-0.25, -0.2) is 14.0 Å². The first-order chi connectivity index (χ1) is 16.3. The normalized spacial score (nSPS) is 22.6.